The van der Waals surface area contributed by atoms with Gasteiger partial charge >= 0.3 is 12.0 Å². The Morgan fingerprint density at radius 3 is 2.43 bits per heavy atom. The van der Waals surface area contributed by atoms with Crippen molar-refractivity contribution in [3.05, 3.63) is 83.2 Å². The van der Waals surface area contributed by atoms with E-state index in [0.717, 1.165) is 16.0 Å². The Morgan fingerprint density at radius 2 is 1.74 bits per heavy atom. The number of carbonyl (C=O) groups is 4. The molecular weight excluding hydrogens is 450 g/mol. The maximum absolute atomic E-state index is 12.7. The highest BCUT2D eigenvalue weighted by atomic mass is 16.5. The van der Waals surface area contributed by atoms with E-state index in [0.29, 0.717) is 29.4 Å². The summed E-state index contributed by atoms with van der Waals surface area (Å²) in [6.45, 7) is 3.53. The van der Waals surface area contributed by atoms with Gasteiger partial charge in [-0.05, 0) is 50.2 Å². The number of urea groups is 1. The maximum Gasteiger partial charge on any atom is 0.338 e. The number of aryl methyl sites for hydroxylation is 1. The number of nitrogens with one attached hydrogen (secondary N) is 2. The molecule has 1 aromatic heterocycles. The Kier molecular flexibility index (Phi) is 6.77. The molecule has 1 aliphatic rings. The molecule has 1 aliphatic heterocycles. The van der Waals surface area contributed by atoms with Crippen LogP contribution in [0.3, 0.4) is 0 Å². The smallest absolute Gasteiger partial charge is 0.338 e. The summed E-state index contributed by atoms with van der Waals surface area (Å²) in [4.78, 5) is 49.9. The fourth-order valence-electron chi connectivity index (χ4n) is 3.41. The lowest BCUT2D eigenvalue weighted by molar-refractivity contribution is -0.127. The van der Waals surface area contributed by atoms with Crippen molar-refractivity contribution in [3.8, 4) is 11.3 Å². The first kappa shape index (κ1) is 23.5. The first-order valence-electron chi connectivity index (χ1n) is 10.9. The number of nitrogens with zero attached hydrogens (tertiary/aromatic N) is 1. The largest absolute Gasteiger partial charge is 0.462 e. The van der Waals surface area contributed by atoms with Crippen LogP contribution in [0.2, 0.25) is 0 Å². The molecule has 0 bridgehead atoms. The van der Waals surface area contributed by atoms with Crippen molar-refractivity contribution in [1.82, 2.24) is 10.2 Å². The number of hydrogen-bond acceptors (Lipinski definition) is 6. The summed E-state index contributed by atoms with van der Waals surface area (Å²) in [5.74, 6) is -0.685. The SMILES string of the molecule is CCOC(=O)c1ccc(-c2ccc(C=C3NC(=O)N(CC(=O)Nc4ccc(C)cc4)C3=O)o2)cc1. The number of carbonyl (C=O) groups excluding carboxylic acids is 4. The summed E-state index contributed by atoms with van der Waals surface area (Å²) in [7, 11) is 0. The molecular formula is C26H23N3O6. The van der Waals surface area contributed by atoms with Gasteiger partial charge in [-0.3, -0.25) is 9.59 Å². The Balaban J connectivity index is 1.42. The van der Waals surface area contributed by atoms with E-state index in [-0.39, 0.29) is 5.70 Å². The zero-order valence-corrected chi connectivity index (χ0v) is 19.2. The van der Waals surface area contributed by atoms with Gasteiger partial charge in [-0.15, -0.1) is 0 Å². The van der Waals surface area contributed by atoms with E-state index in [1.54, 1.807) is 55.5 Å². The van der Waals surface area contributed by atoms with E-state index in [1.165, 1.54) is 6.08 Å². The maximum atomic E-state index is 12.7. The molecule has 3 aromatic rings. The Bertz CT molecular complexity index is 1310. The standard InChI is InChI=1S/C26H23N3O6/c1-3-34-25(32)18-8-6-17(7-9-18)22-13-12-20(35-22)14-21-24(31)29(26(33)28-21)15-23(30)27-19-10-4-16(2)5-11-19/h4-14H,3,15H2,1-2H3,(H,27,30)(H,28,33). The molecule has 0 saturated carbocycles. The first-order valence-corrected chi connectivity index (χ1v) is 10.9. The van der Waals surface area contributed by atoms with E-state index >= 15 is 0 Å². The average molecular weight is 473 g/mol. The topological polar surface area (TPSA) is 118 Å². The van der Waals surface area contributed by atoms with Crippen LogP contribution in [0.15, 0.2) is 70.8 Å². The predicted octanol–water partition coefficient (Wildman–Crippen LogP) is 3.96. The molecule has 0 atom stereocenters. The van der Waals surface area contributed by atoms with E-state index in [9.17, 15) is 19.2 Å². The van der Waals surface area contributed by atoms with Crippen LogP contribution in [0.25, 0.3) is 17.4 Å². The number of hydrogen-bond donors (Lipinski definition) is 2. The van der Waals surface area contributed by atoms with Gasteiger partial charge in [0.05, 0.1) is 12.2 Å². The van der Waals surface area contributed by atoms with Crippen molar-refractivity contribution in [1.29, 1.82) is 0 Å². The molecule has 1 saturated heterocycles. The Morgan fingerprint density at radius 1 is 1.03 bits per heavy atom. The zero-order chi connectivity index (χ0) is 24.9. The molecule has 0 unspecified atom stereocenters. The molecule has 2 heterocycles. The number of esters is 1. The van der Waals surface area contributed by atoms with Crippen LogP contribution in [0.1, 0.15) is 28.6 Å². The number of amides is 4. The van der Waals surface area contributed by atoms with Crippen molar-refractivity contribution >= 4 is 35.6 Å². The molecule has 0 aliphatic carbocycles. The Hall–Kier alpha value is -4.66. The van der Waals surface area contributed by atoms with Crippen molar-refractivity contribution in [2.75, 3.05) is 18.5 Å². The second-order valence-electron chi connectivity index (χ2n) is 7.79. The third-order valence-corrected chi connectivity index (χ3v) is 5.19. The molecule has 9 nitrogen and oxygen atoms in total. The van der Waals surface area contributed by atoms with Gasteiger partial charge in [-0.2, -0.15) is 0 Å². The minimum Gasteiger partial charge on any atom is -0.462 e. The normalized spacial score (nSPS) is 14.2. The van der Waals surface area contributed by atoms with E-state index < -0.39 is 30.4 Å². The van der Waals surface area contributed by atoms with Crippen LogP contribution in [0, 0.1) is 6.92 Å². The number of furan rings is 1. The second-order valence-corrected chi connectivity index (χ2v) is 7.79. The van der Waals surface area contributed by atoms with Crippen LogP contribution >= 0.6 is 0 Å². The van der Waals surface area contributed by atoms with Gasteiger partial charge in [0.1, 0.15) is 23.8 Å². The van der Waals surface area contributed by atoms with Crippen LogP contribution in [0.5, 0.6) is 0 Å². The van der Waals surface area contributed by atoms with E-state index in [4.69, 9.17) is 9.15 Å². The van der Waals surface area contributed by atoms with Crippen LogP contribution in [-0.4, -0.2) is 41.9 Å². The molecule has 4 rings (SSSR count). The summed E-state index contributed by atoms with van der Waals surface area (Å²) < 4.78 is 10.7. The summed E-state index contributed by atoms with van der Waals surface area (Å²) in [5, 5.41) is 5.13. The minimum absolute atomic E-state index is 0.00306. The lowest BCUT2D eigenvalue weighted by Gasteiger charge is -2.12. The predicted molar refractivity (Wildman–Crippen MR) is 128 cm³/mol. The van der Waals surface area contributed by atoms with Gasteiger partial charge < -0.3 is 19.8 Å². The molecule has 35 heavy (non-hydrogen) atoms. The van der Waals surface area contributed by atoms with Crippen molar-refractivity contribution in [2.24, 2.45) is 0 Å². The van der Waals surface area contributed by atoms with Gasteiger partial charge in [0, 0.05) is 17.3 Å². The molecule has 4 amide bonds. The highest BCUT2D eigenvalue weighted by Crippen LogP contribution is 2.25. The summed E-state index contributed by atoms with van der Waals surface area (Å²) in [6.07, 6.45) is 1.40. The molecule has 2 N–H and O–H groups in total. The van der Waals surface area contributed by atoms with Gasteiger partial charge in [0.15, 0.2) is 0 Å². The second kappa shape index (κ2) is 10.1. The summed E-state index contributed by atoms with van der Waals surface area (Å²) in [6, 6.07) is 16.5. The third kappa shape index (κ3) is 5.47. The number of anilines is 1. The molecule has 1 fully saturated rings. The van der Waals surface area contributed by atoms with Crippen LogP contribution in [0.4, 0.5) is 10.5 Å². The van der Waals surface area contributed by atoms with Crippen LogP contribution in [-0.2, 0) is 14.3 Å². The van der Waals surface area contributed by atoms with Crippen molar-refractivity contribution in [2.45, 2.75) is 13.8 Å². The van der Waals surface area contributed by atoms with E-state index in [2.05, 4.69) is 10.6 Å². The van der Waals surface area contributed by atoms with E-state index in [1.807, 2.05) is 19.1 Å². The summed E-state index contributed by atoms with van der Waals surface area (Å²) in [5.41, 5.74) is 2.76. The molecule has 2 aromatic carbocycles. The lowest BCUT2D eigenvalue weighted by atomic mass is 10.1. The highest BCUT2D eigenvalue weighted by Gasteiger charge is 2.35. The Labute approximate surface area is 201 Å². The number of imide groups is 1. The van der Waals surface area contributed by atoms with Gasteiger partial charge in [0.2, 0.25) is 5.91 Å². The van der Waals surface area contributed by atoms with Gasteiger partial charge in [0.25, 0.3) is 5.91 Å². The molecule has 0 spiro atoms. The van der Waals surface area contributed by atoms with Crippen molar-refractivity contribution in [3.63, 3.8) is 0 Å². The lowest BCUT2D eigenvalue weighted by Crippen LogP contribution is -2.38. The molecule has 9 heteroatoms. The molecule has 178 valence electrons. The average Bonchev–Trinajstić information content (AvgIpc) is 3.41. The first-order chi connectivity index (χ1) is 16.8. The molecule has 0 radical (unpaired) electrons. The highest BCUT2D eigenvalue weighted by molar-refractivity contribution is 6.15. The minimum atomic E-state index is -0.693. The van der Waals surface area contributed by atoms with Gasteiger partial charge in [-0.1, -0.05) is 29.8 Å². The fraction of sp³-hybridized carbons (Fsp3) is 0.154. The third-order valence-electron chi connectivity index (χ3n) is 5.19. The number of ether oxygens (including phenoxy) is 1. The fourth-order valence-corrected chi connectivity index (χ4v) is 3.41. The van der Waals surface area contributed by atoms with Crippen molar-refractivity contribution < 1.29 is 28.3 Å². The van der Waals surface area contributed by atoms with Gasteiger partial charge in [-0.25, -0.2) is 14.5 Å². The van der Waals surface area contributed by atoms with Crippen LogP contribution < -0.4 is 10.6 Å². The summed E-state index contributed by atoms with van der Waals surface area (Å²) >= 11 is 0. The quantitative estimate of drug-likeness (QED) is 0.305. The number of rotatable bonds is 7. The monoisotopic (exact) mass is 473 g/mol. The number of benzene rings is 2. The zero-order valence-electron chi connectivity index (χ0n) is 19.2.